The van der Waals surface area contributed by atoms with E-state index in [9.17, 15) is 13.2 Å². The van der Waals surface area contributed by atoms with Gasteiger partial charge in [0.05, 0.1) is 11.8 Å². The molecular weight excluding hydrogens is 230 g/mol. The molecule has 1 aliphatic rings. The summed E-state index contributed by atoms with van der Waals surface area (Å²) >= 11 is 0. The van der Waals surface area contributed by atoms with Crippen LogP contribution in [0.25, 0.3) is 0 Å². The third-order valence-electron chi connectivity index (χ3n) is 2.84. The lowest BCUT2D eigenvalue weighted by molar-refractivity contribution is -0.129. The van der Waals surface area contributed by atoms with Crippen LogP contribution < -0.4 is 5.73 Å². The first-order valence-corrected chi connectivity index (χ1v) is 6.83. The van der Waals surface area contributed by atoms with Crippen molar-refractivity contribution in [2.45, 2.75) is 18.6 Å². The van der Waals surface area contributed by atoms with Crippen molar-refractivity contribution in [1.82, 2.24) is 9.21 Å². The summed E-state index contributed by atoms with van der Waals surface area (Å²) < 4.78 is 25.2. The van der Waals surface area contributed by atoms with Crippen LogP contribution in [-0.4, -0.2) is 62.0 Å². The van der Waals surface area contributed by atoms with E-state index < -0.39 is 15.3 Å². The quantitative estimate of drug-likeness (QED) is 0.683. The van der Waals surface area contributed by atoms with Gasteiger partial charge in [-0.05, 0) is 13.3 Å². The molecule has 0 saturated carbocycles. The monoisotopic (exact) mass is 249 g/mol. The van der Waals surface area contributed by atoms with Crippen molar-refractivity contribution in [2.75, 3.05) is 33.2 Å². The number of likely N-dealkylation sites (N-methyl/N-ethyl adjacent to an activating group) is 1. The number of amides is 1. The van der Waals surface area contributed by atoms with E-state index in [0.29, 0.717) is 19.5 Å². The van der Waals surface area contributed by atoms with Gasteiger partial charge in [-0.15, -0.1) is 0 Å². The first-order chi connectivity index (χ1) is 7.39. The summed E-state index contributed by atoms with van der Waals surface area (Å²) in [6.45, 7) is 2.56. The molecule has 0 aliphatic carbocycles. The Bertz CT molecular complexity index is 355. The van der Waals surface area contributed by atoms with Gasteiger partial charge in [0, 0.05) is 26.7 Å². The molecule has 7 heteroatoms. The van der Waals surface area contributed by atoms with E-state index in [1.54, 1.807) is 18.9 Å². The van der Waals surface area contributed by atoms with Gasteiger partial charge in [0.2, 0.25) is 15.9 Å². The average Bonchev–Trinajstić information content (AvgIpc) is 2.41. The number of nitrogens with two attached hydrogens (primary N) is 1. The van der Waals surface area contributed by atoms with Crippen molar-refractivity contribution in [2.24, 2.45) is 5.73 Å². The Hall–Kier alpha value is -0.660. The van der Waals surface area contributed by atoms with Crippen molar-refractivity contribution in [3.63, 3.8) is 0 Å². The molecule has 1 saturated heterocycles. The predicted octanol–water partition coefficient (Wildman–Crippen LogP) is -1.17. The SMILES string of the molecule is CC(CN)S(=O)(=O)N1CCCN(C)C(=O)C1. The molecule has 1 rings (SSSR count). The van der Waals surface area contributed by atoms with Crippen LogP contribution in [0, 0.1) is 0 Å². The Balaban J connectivity index is 2.84. The third kappa shape index (κ3) is 2.72. The number of rotatable bonds is 3. The summed E-state index contributed by atoms with van der Waals surface area (Å²) in [5, 5.41) is -0.635. The second kappa shape index (κ2) is 5.11. The molecule has 2 N–H and O–H groups in total. The molecule has 0 aromatic rings. The summed E-state index contributed by atoms with van der Waals surface area (Å²) in [6, 6.07) is 0. The van der Waals surface area contributed by atoms with Gasteiger partial charge >= 0.3 is 0 Å². The highest BCUT2D eigenvalue weighted by Crippen LogP contribution is 2.12. The topological polar surface area (TPSA) is 83.7 Å². The van der Waals surface area contributed by atoms with E-state index in [4.69, 9.17) is 5.73 Å². The molecule has 0 aromatic carbocycles. The van der Waals surface area contributed by atoms with Gasteiger partial charge in [0.15, 0.2) is 0 Å². The van der Waals surface area contributed by atoms with Crippen LogP contribution in [0.5, 0.6) is 0 Å². The van der Waals surface area contributed by atoms with Crippen LogP contribution in [0.1, 0.15) is 13.3 Å². The minimum absolute atomic E-state index is 0.0663. The highest BCUT2D eigenvalue weighted by molar-refractivity contribution is 7.89. The minimum Gasteiger partial charge on any atom is -0.345 e. The first kappa shape index (κ1) is 13.4. The van der Waals surface area contributed by atoms with E-state index >= 15 is 0 Å². The van der Waals surface area contributed by atoms with Crippen LogP contribution in [0.15, 0.2) is 0 Å². The van der Waals surface area contributed by atoms with Crippen LogP contribution in [0.2, 0.25) is 0 Å². The Morgan fingerprint density at radius 1 is 1.44 bits per heavy atom. The molecule has 1 fully saturated rings. The smallest absolute Gasteiger partial charge is 0.237 e. The van der Waals surface area contributed by atoms with Crippen molar-refractivity contribution < 1.29 is 13.2 Å². The number of hydrogen-bond acceptors (Lipinski definition) is 4. The molecule has 1 heterocycles. The maximum Gasteiger partial charge on any atom is 0.237 e. The zero-order valence-corrected chi connectivity index (χ0v) is 10.5. The number of nitrogens with zero attached hydrogens (tertiary/aromatic N) is 2. The zero-order chi connectivity index (χ0) is 12.3. The lowest BCUT2D eigenvalue weighted by Crippen LogP contribution is -2.44. The number of sulfonamides is 1. The van der Waals surface area contributed by atoms with Crippen molar-refractivity contribution >= 4 is 15.9 Å². The second-order valence-electron chi connectivity index (χ2n) is 4.09. The van der Waals surface area contributed by atoms with Crippen LogP contribution in [0.3, 0.4) is 0 Å². The highest BCUT2D eigenvalue weighted by atomic mass is 32.2. The molecule has 6 nitrogen and oxygen atoms in total. The van der Waals surface area contributed by atoms with E-state index in [1.807, 2.05) is 0 Å². The number of carbonyl (C=O) groups excluding carboxylic acids is 1. The summed E-state index contributed by atoms with van der Waals surface area (Å²) in [7, 11) is -1.75. The predicted molar refractivity (Wildman–Crippen MR) is 61.3 cm³/mol. The normalized spacial score (nSPS) is 21.9. The fourth-order valence-electron chi connectivity index (χ4n) is 1.55. The lowest BCUT2D eigenvalue weighted by Gasteiger charge is -2.22. The molecule has 0 spiro atoms. The molecule has 16 heavy (non-hydrogen) atoms. The van der Waals surface area contributed by atoms with E-state index in [-0.39, 0.29) is 19.0 Å². The molecule has 94 valence electrons. The molecule has 0 radical (unpaired) electrons. The largest absolute Gasteiger partial charge is 0.345 e. The van der Waals surface area contributed by atoms with E-state index in [0.717, 1.165) is 0 Å². The fraction of sp³-hybridized carbons (Fsp3) is 0.889. The molecule has 1 aliphatic heterocycles. The standard InChI is InChI=1S/C9H19N3O3S/c1-8(6-10)16(14,15)12-5-3-4-11(2)9(13)7-12/h8H,3-7,10H2,1-2H3. The van der Waals surface area contributed by atoms with E-state index in [2.05, 4.69) is 0 Å². The highest BCUT2D eigenvalue weighted by Gasteiger charge is 2.31. The molecular formula is C9H19N3O3S. The van der Waals surface area contributed by atoms with E-state index in [1.165, 1.54) is 4.31 Å². The molecule has 0 bridgehead atoms. The summed E-state index contributed by atoms with van der Waals surface area (Å²) in [6.07, 6.45) is 0.665. The van der Waals surface area contributed by atoms with Crippen molar-refractivity contribution in [1.29, 1.82) is 0 Å². The number of carbonyl (C=O) groups is 1. The summed E-state index contributed by atoms with van der Waals surface area (Å²) in [5.74, 6) is -0.162. The van der Waals surface area contributed by atoms with Crippen molar-refractivity contribution in [3.8, 4) is 0 Å². The maximum absolute atomic E-state index is 12.0. The Morgan fingerprint density at radius 3 is 2.62 bits per heavy atom. The van der Waals surface area contributed by atoms with Crippen LogP contribution >= 0.6 is 0 Å². The maximum atomic E-state index is 12.0. The van der Waals surface area contributed by atoms with Gasteiger partial charge in [-0.1, -0.05) is 0 Å². The Morgan fingerprint density at radius 2 is 2.06 bits per heavy atom. The van der Waals surface area contributed by atoms with Gasteiger partial charge in [0.1, 0.15) is 0 Å². The van der Waals surface area contributed by atoms with Gasteiger partial charge in [0.25, 0.3) is 0 Å². The van der Waals surface area contributed by atoms with Gasteiger partial charge < -0.3 is 10.6 Å². The fourth-order valence-corrected chi connectivity index (χ4v) is 2.98. The first-order valence-electron chi connectivity index (χ1n) is 5.32. The molecule has 1 unspecified atom stereocenters. The zero-order valence-electron chi connectivity index (χ0n) is 9.72. The molecule has 1 atom stereocenters. The van der Waals surface area contributed by atoms with Gasteiger partial charge in [-0.3, -0.25) is 4.79 Å². The Labute approximate surface area is 96.4 Å². The average molecular weight is 249 g/mol. The minimum atomic E-state index is -3.43. The lowest BCUT2D eigenvalue weighted by atomic mass is 10.4. The van der Waals surface area contributed by atoms with Gasteiger partial charge in [-0.2, -0.15) is 4.31 Å². The second-order valence-corrected chi connectivity index (χ2v) is 6.44. The molecule has 1 amide bonds. The summed E-state index contributed by atoms with van der Waals surface area (Å²) in [4.78, 5) is 13.1. The molecule has 0 aromatic heterocycles. The summed E-state index contributed by atoms with van der Waals surface area (Å²) in [5.41, 5.74) is 5.36. The van der Waals surface area contributed by atoms with Crippen LogP contribution in [0.4, 0.5) is 0 Å². The van der Waals surface area contributed by atoms with Gasteiger partial charge in [-0.25, -0.2) is 8.42 Å². The van der Waals surface area contributed by atoms with Crippen LogP contribution in [-0.2, 0) is 14.8 Å². The third-order valence-corrected chi connectivity index (χ3v) is 5.08. The van der Waals surface area contributed by atoms with Crippen molar-refractivity contribution in [3.05, 3.63) is 0 Å². The Kier molecular flexibility index (Phi) is 4.28. The number of hydrogen-bond donors (Lipinski definition) is 1.